The summed E-state index contributed by atoms with van der Waals surface area (Å²) in [6, 6.07) is 9.07. The quantitative estimate of drug-likeness (QED) is 0.809. The molecule has 6 nitrogen and oxygen atoms in total. The molecule has 1 aromatic carbocycles. The van der Waals surface area contributed by atoms with E-state index in [9.17, 15) is 17.2 Å². The van der Waals surface area contributed by atoms with E-state index in [1.807, 2.05) is 6.07 Å². The van der Waals surface area contributed by atoms with Gasteiger partial charge in [-0.25, -0.2) is 22.2 Å². The van der Waals surface area contributed by atoms with E-state index >= 15 is 0 Å². The van der Waals surface area contributed by atoms with Gasteiger partial charge in [0.1, 0.15) is 24.1 Å². The van der Waals surface area contributed by atoms with Gasteiger partial charge >= 0.3 is 0 Å². The highest BCUT2D eigenvalue weighted by Crippen LogP contribution is 2.28. The molecule has 2 rings (SSSR count). The van der Waals surface area contributed by atoms with Gasteiger partial charge in [0, 0.05) is 19.0 Å². The zero-order chi connectivity index (χ0) is 18.4. The van der Waals surface area contributed by atoms with E-state index in [2.05, 4.69) is 10.3 Å². The molecule has 0 bridgehead atoms. The molecule has 0 aliphatic rings. The number of pyridine rings is 1. The smallest absolute Gasteiger partial charge is 0.272 e. The fraction of sp³-hybridized carbons (Fsp3) is 0.250. The molecule has 25 heavy (non-hydrogen) atoms. The molecule has 0 saturated carbocycles. The topological polar surface area (TPSA) is 92.1 Å². The number of hydrogen-bond donors (Lipinski definition) is 1. The van der Waals surface area contributed by atoms with Crippen molar-refractivity contribution in [1.29, 1.82) is 5.26 Å². The molecule has 132 valence electrons. The van der Waals surface area contributed by atoms with Gasteiger partial charge < -0.3 is 10.1 Å². The number of anilines is 1. The van der Waals surface area contributed by atoms with E-state index in [1.54, 1.807) is 6.07 Å². The second-order valence-corrected chi connectivity index (χ2v) is 7.17. The standard InChI is InChI=1S/C16H15F2N3O3S/c1-25(22,23)13-4-5-15(24-10-16(17)18)14(6-13)21-9-11-2-3-12(7-19)20-8-11/h2-6,8,16,21H,9-10H2,1H3. The van der Waals surface area contributed by atoms with Gasteiger partial charge in [-0.3, -0.25) is 0 Å². The van der Waals surface area contributed by atoms with Gasteiger partial charge in [-0.1, -0.05) is 6.07 Å². The highest BCUT2D eigenvalue weighted by molar-refractivity contribution is 7.90. The molecule has 0 aliphatic heterocycles. The van der Waals surface area contributed by atoms with E-state index in [0.717, 1.165) is 11.8 Å². The number of hydrogen-bond acceptors (Lipinski definition) is 6. The molecule has 9 heteroatoms. The first-order valence-electron chi connectivity index (χ1n) is 7.13. The number of nitrogens with zero attached hydrogens (tertiary/aromatic N) is 2. The Morgan fingerprint density at radius 2 is 2.08 bits per heavy atom. The third-order valence-electron chi connectivity index (χ3n) is 3.17. The summed E-state index contributed by atoms with van der Waals surface area (Å²) in [5, 5.41) is 11.7. The first-order chi connectivity index (χ1) is 11.8. The molecule has 0 amide bonds. The third-order valence-corrected chi connectivity index (χ3v) is 4.28. The normalized spacial score (nSPS) is 11.2. The molecule has 0 atom stereocenters. The Kier molecular flexibility index (Phi) is 5.88. The van der Waals surface area contributed by atoms with Gasteiger partial charge in [0.2, 0.25) is 0 Å². The molecule has 1 heterocycles. The average Bonchev–Trinajstić information content (AvgIpc) is 2.58. The van der Waals surface area contributed by atoms with Crippen molar-refractivity contribution in [3.8, 4) is 11.8 Å². The van der Waals surface area contributed by atoms with Crippen LogP contribution in [0.2, 0.25) is 0 Å². The monoisotopic (exact) mass is 367 g/mol. The van der Waals surface area contributed by atoms with Crippen LogP contribution < -0.4 is 10.1 Å². The largest absolute Gasteiger partial charge is 0.485 e. The SMILES string of the molecule is CS(=O)(=O)c1ccc(OCC(F)F)c(NCc2ccc(C#N)nc2)c1. The molecule has 0 saturated heterocycles. The van der Waals surface area contributed by atoms with E-state index < -0.39 is 22.9 Å². The summed E-state index contributed by atoms with van der Waals surface area (Å²) >= 11 is 0. The maximum atomic E-state index is 12.4. The fourth-order valence-corrected chi connectivity index (χ4v) is 2.60. The van der Waals surface area contributed by atoms with Crippen LogP contribution in [-0.2, 0) is 16.4 Å². The molecule has 1 N–H and O–H groups in total. The van der Waals surface area contributed by atoms with Crippen LogP contribution in [0.5, 0.6) is 5.75 Å². The summed E-state index contributed by atoms with van der Waals surface area (Å²) in [6.45, 7) is -0.553. The maximum Gasteiger partial charge on any atom is 0.272 e. The van der Waals surface area contributed by atoms with Gasteiger partial charge in [-0.05, 0) is 29.8 Å². The highest BCUT2D eigenvalue weighted by atomic mass is 32.2. The van der Waals surface area contributed by atoms with Crippen LogP contribution in [0.4, 0.5) is 14.5 Å². The number of halogens is 2. The van der Waals surface area contributed by atoms with Gasteiger partial charge in [-0.15, -0.1) is 0 Å². The molecular weight excluding hydrogens is 352 g/mol. The average molecular weight is 367 g/mol. The minimum atomic E-state index is -3.46. The van der Waals surface area contributed by atoms with E-state index in [1.165, 1.54) is 30.5 Å². The van der Waals surface area contributed by atoms with Crippen molar-refractivity contribution in [3.63, 3.8) is 0 Å². The third kappa shape index (κ3) is 5.39. The lowest BCUT2D eigenvalue weighted by Gasteiger charge is -2.14. The Hall–Kier alpha value is -2.73. The Labute approximate surface area is 144 Å². The number of aromatic nitrogens is 1. The summed E-state index contributed by atoms with van der Waals surface area (Å²) in [7, 11) is -3.46. The molecule has 0 spiro atoms. The predicted octanol–water partition coefficient (Wildman–Crippen LogP) is 2.61. The predicted molar refractivity (Wildman–Crippen MR) is 87.3 cm³/mol. The fourth-order valence-electron chi connectivity index (χ4n) is 1.95. The minimum Gasteiger partial charge on any atom is -0.485 e. The van der Waals surface area contributed by atoms with Crippen LogP contribution in [0.25, 0.3) is 0 Å². The van der Waals surface area contributed by atoms with E-state index in [4.69, 9.17) is 10.00 Å². The molecule has 1 aromatic heterocycles. The Morgan fingerprint density at radius 3 is 2.64 bits per heavy atom. The molecule has 2 aromatic rings. The van der Waals surface area contributed by atoms with E-state index in [0.29, 0.717) is 0 Å². The Morgan fingerprint density at radius 1 is 1.32 bits per heavy atom. The molecule has 0 fully saturated rings. The number of benzene rings is 1. The first-order valence-corrected chi connectivity index (χ1v) is 9.02. The molecule has 0 unspecified atom stereocenters. The van der Waals surface area contributed by atoms with Crippen LogP contribution in [0.1, 0.15) is 11.3 Å². The maximum absolute atomic E-state index is 12.4. The van der Waals surface area contributed by atoms with Crippen molar-refractivity contribution in [2.75, 3.05) is 18.2 Å². The van der Waals surface area contributed by atoms with Crippen molar-refractivity contribution < 1.29 is 21.9 Å². The van der Waals surface area contributed by atoms with Gasteiger partial charge in [0.05, 0.1) is 10.6 Å². The summed E-state index contributed by atoms with van der Waals surface area (Å²) < 4.78 is 53.1. The summed E-state index contributed by atoms with van der Waals surface area (Å²) in [5.41, 5.74) is 1.26. The summed E-state index contributed by atoms with van der Waals surface area (Å²) in [4.78, 5) is 3.96. The zero-order valence-electron chi connectivity index (χ0n) is 13.2. The van der Waals surface area contributed by atoms with Gasteiger partial charge in [0.15, 0.2) is 9.84 Å². The van der Waals surface area contributed by atoms with Gasteiger partial charge in [-0.2, -0.15) is 5.26 Å². The van der Waals surface area contributed by atoms with Crippen molar-refractivity contribution in [2.45, 2.75) is 17.9 Å². The second kappa shape index (κ2) is 7.90. The van der Waals surface area contributed by atoms with Crippen molar-refractivity contribution in [1.82, 2.24) is 4.98 Å². The van der Waals surface area contributed by atoms with Crippen LogP contribution >= 0.6 is 0 Å². The lowest BCUT2D eigenvalue weighted by atomic mass is 10.2. The van der Waals surface area contributed by atoms with Crippen molar-refractivity contribution in [3.05, 3.63) is 47.8 Å². The lowest BCUT2D eigenvalue weighted by molar-refractivity contribution is 0.0822. The van der Waals surface area contributed by atoms with Crippen molar-refractivity contribution in [2.24, 2.45) is 0 Å². The summed E-state index contributed by atoms with van der Waals surface area (Å²) in [5.74, 6) is 0.120. The van der Waals surface area contributed by atoms with E-state index in [-0.39, 0.29) is 28.6 Å². The number of nitriles is 1. The number of nitrogens with one attached hydrogen (secondary N) is 1. The Bertz CT molecular complexity index is 878. The van der Waals surface area contributed by atoms with Crippen LogP contribution in [-0.4, -0.2) is 32.7 Å². The van der Waals surface area contributed by atoms with Crippen LogP contribution in [0, 0.1) is 11.3 Å². The lowest BCUT2D eigenvalue weighted by Crippen LogP contribution is -2.10. The Balaban J connectivity index is 2.23. The number of sulfone groups is 1. The summed E-state index contributed by atoms with van der Waals surface area (Å²) in [6.07, 6.45) is -0.104. The number of alkyl halides is 2. The number of ether oxygens (including phenoxy) is 1. The zero-order valence-corrected chi connectivity index (χ0v) is 14.1. The number of rotatable bonds is 7. The molecule has 0 radical (unpaired) electrons. The first kappa shape index (κ1) is 18.6. The van der Waals surface area contributed by atoms with Gasteiger partial charge in [0.25, 0.3) is 6.43 Å². The van der Waals surface area contributed by atoms with Crippen LogP contribution in [0.3, 0.4) is 0 Å². The second-order valence-electron chi connectivity index (χ2n) is 5.15. The molecule has 0 aliphatic carbocycles. The van der Waals surface area contributed by atoms with Crippen molar-refractivity contribution >= 4 is 15.5 Å². The molecular formula is C16H15F2N3O3S. The highest BCUT2D eigenvalue weighted by Gasteiger charge is 2.13. The minimum absolute atomic E-state index is 0.0392. The van der Waals surface area contributed by atoms with Crippen LogP contribution in [0.15, 0.2) is 41.4 Å².